The second-order valence-electron chi connectivity index (χ2n) is 6.58. The van der Waals surface area contributed by atoms with Crippen LogP contribution >= 0.6 is 0 Å². The molecule has 0 spiro atoms. The van der Waals surface area contributed by atoms with Gasteiger partial charge in [-0.3, -0.25) is 4.90 Å². The first-order chi connectivity index (χ1) is 12.3. The highest BCUT2D eigenvalue weighted by molar-refractivity contribution is 5.48. The quantitative estimate of drug-likeness (QED) is 0.800. The van der Waals surface area contributed by atoms with E-state index in [-0.39, 0.29) is 18.7 Å². The summed E-state index contributed by atoms with van der Waals surface area (Å²) in [6.45, 7) is 3.44. The van der Waals surface area contributed by atoms with Gasteiger partial charge >= 0.3 is 0 Å². The summed E-state index contributed by atoms with van der Waals surface area (Å²) >= 11 is 0. The SMILES string of the molecule is Fc1ccc(CN(Cc2cccc3c2OCO3)CC2CCCO2)cc1. The Kier molecular flexibility index (Phi) is 4.85. The van der Waals surface area contributed by atoms with Gasteiger partial charge in [-0.05, 0) is 36.6 Å². The maximum absolute atomic E-state index is 13.2. The molecule has 0 aliphatic carbocycles. The average molecular weight is 343 g/mol. The monoisotopic (exact) mass is 343 g/mol. The lowest BCUT2D eigenvalue weighted by molar-refractivity contribution is 0.0675. The molecule has 2 aromatic rings. The highest BCUT2D eigenvalue weighted by Gasteiger charge is 2.23. The normalized spacial score (nSPS) is 18.9. The van der Waals surface area contributed by atoms with Crippen molar-refractivity contribution in [3.05, 3.63) is 59.4 Å². The van der Waals surface area contributed by atoms with Crippen molar-refractivity contribution in [3.63, 3.8) is 0 Å². The van der Waals surface area contributed by atoms with Crippen LogP contribution in [0, 0.1) is 5.82 Å². The molecule has 0 N–H and O–H groups in total. The largest absolute Gasteiger partial charge is 0.454 e. The van der Waals surface area contributed by atoms with Gasteiger partial charge in [0, 0.05) is 31.8 Å². The number of benzene rings is 2. The van der Waals surface area contributed by atoms with Gasteiger partial charge in [0.25, 0.3) is 0 Å². The molecule has 1 unspecified atom stereocenters. The highest BCUT2D eigenvalue weighted by atomic mass is 19.1. The summed E-state index contributed by atoms with van der Waals surface area (Å²) in [7, 11) is 0. The van der Waals surface area contributed by atoms with Gasteiger partial charge in [-0.2, -0.15) is 0 Å². The van der Waals surface area contributed by atoms with Crippen molar-refractivity contribution < 1.29 is 18.6 Å². The molecule has 0 aromatic heterocycles. The molecule has 0 bridgehead atoms. The first-order valence-electron chi connectivity index (χ1n) is 8.74. The molecule has 1 fully saturated rings. The van der Waals surface area contributed by atoms with E-state index in [4.69, 9.17) is 14.2 Å². The molecule has 0 amide bonds. The van der Waals surface area contributed by atoms with Crippen molar-refractivity contribution in [2.75, 3.05) is 19.9 Å². The Bertz CT molecular complexity index is 713. The minimum absolute atomic E-state index is 0.208. The number of fused-ring (bicyclic) bond motifs is 1. The van der Waals surface area contributed by atoms with Crippen molar-refractivity contribution in [1.82, 2.24) is 4.90 Å². The zero-order chi connectivity index (χ0) is 17.1. The first kappa shape index (κ1) is 16.4. The predicted octanol–water partition coefficient (Wildman–Crippen LogP) is 3.74. The molecule has 5 heteroatoms. The van der Waals surface area contributed by atoms with E-state index in [1.165, 1.54) is 12.1 Å². The third-order valence-corrected chi connectivity index (χ3v) is 4.68. The summed E-state index contributed by atoms with van der Waals surface area (Å²) in [5.41, 5.74) is 2.19. The summed E-state index contributed by atoms with van der Waals surface area (Å²) < 4.78 is 30.1. The van der Waals surface area contributed by atoms with E-state index in [2.05, 4.69) is 11.0 Å². The van der Waals surface area contributed by atoms with E-state index in [1.807, 2.05) is 24.3 Å². The lowest BCUT2D eigenvalue weighted by Crippen LogP contribution is -2.31. The molecule has 1 saturated heterocycles. The molecular formula is C20H22FNO3. The van der Waals surface area contributed by atoms with E-state index in [0.29, 0.717) is 0 Å². The molecule has 2 aromatic carbocycles. The molecule has 25 heavy (non-hydrogen) atoms. The Morgan fingerprint density at radius 3 is 2.72 bits per heavy atom. The maximum atomic E-state index is 13.2. The first-order valence-corrected chi connectivity index (χ1v) is 8.74. The molecule has 2 aliphatic heterocycles. The summed E-state index contributed by atoms with van der Waals surface area (Å²) in [5.74, 6) is 1.43. The summed E-state index contributed by atoms with van der Waals surface area (Å²) in [6, 6.07) is 12.7. The lowest BCUT2D eigenvalue weighted by atomic mass is 10.1. The van der Waals surface area contributed by atoms with Gasteiger partial charge in [0.1, 0.15) is 5.82 Å². The molecule has 2 aliphatic rings. The Hall–Kier alpha value is -2.11. The van der Waals surface area contributed by atoms with Crippen LogP contribution in [0.15, 0.2) is 42.5 Å². The van der Waals surface area contributed by atoms with Crippen LogP contribution in [0.4, 0.5) is 4.39 Å². The number of hydrogen-bond donors (Lipinski definition) is 0. The van der Waals surface area contributed by atoms with E-state index in [1.54, 1.807) is 0 Å². The van der Waals surface area contributed by atoms with Crippen LogP contribution in [0.1, 0.15) is 24.0 Å². The van der Waals surface area contributed by atoms with Crippen molar-refractivity contribution in [2.24, 2.45) is 0 Å². The van der Waals surface area contributed by atoms with Gasteiger partial charge < -0.3 is 14.2 Å². The van der Waals surface area contributed by atoms with Gasteiger partial charge in [-0.25, -0.2) is 4.39 Å². The molecule has 4 nitrogen and oxygen atoms in total. The molecule has 0 radical (unpaired) electrons. The van der Waals surface area contributed by atoms with E-state index in [9.17, 15) is 4.39 Å². The third-order valence-electron chi connectivity index (χ3n) is 4.68. The Morgan fingerprint density at radius 2 is 1.92 bits per heavy atom. The van der Waals surface area contributed by atoms with Crippen LogP contribution in [0.2, 0.25) is 0 Å². The molecular weight excluding hydrogens is 321 g/mol. The smallest absolute Gasteiger partial charge is 0.231 e. The van der Waals surface area contributed by atoms with Gasteiger partial charge in [-0.15, -0.1) is 0 Å². The van der Waals surface area contributed by atoms with Gasteiger partial charge in [0.15, 0.2) is 11.5 Å². The van der Waals surface area contributed by atoms with Gasteiger partial charge in [-0.1, -0.05) is 24.3 Å². The molecule has 132 valence electrons. The Labute approximate surface area is 147 Å². The second-order valence-corrected chi connectivity index (χ2v) is 6.58. The van der Waals surface area contributed by atoms with Crippen LogP contribution in [0.3, 0.4) is 0 Å². The van der Waals surface area contributed by atoms with Crippen LogP contribution in [-0.4, -0.2) is 30.9 Å². The van der Waals surface area contributed by atoms with Crippen molar-refractivity contribution in [1.29, 1.82) is 0 Å². The predicted molar refractivity (Wildman–Crippen MR) is 92.1 cm³/mol. The average Bonchev–Trinajstić information content (AvgIpc) is 3.29. The van der Waals surface area contributed by atoms with Crippen LogP contribution in [-0.2, 0) is 17.8 Å². The fraction of sp³-hybridized carbons (Fsp3) is 0.400. The van der Waals surface area contributed by atoms with Crippen LogP contribution in [0.25, 0.3) is 0 Å². The molecule has 4 rings (SSSR count). The van der Waals surface area contributed by atoms with Crippen molar-refractivity contribution in [2.45, 2.75) is 32.0 Å². The molecule has 0 saturated carbocycles. The van der Waals surface area contributed by atoms with Crippen LogP contribution < -0.4 is 9.47 Å². The fourth-order valence-corrected chi connectivity index (χ4v) is 3.47. The molecule has 1 atom stereocenters. The Balaban J connectivity index is 1.52. The van der Waals surface area contributed by atoms with Gasteiger partial charge in [0.2, 0.25) is 6.79 Å². The van der Waals surface area contributed by atoms with Crippen molar-refractivity contribution in [3.8, 4) is 11.5 Å². The van der Waals surface area contributed by atoms with Crippen molar-refractivity contribution >= 4 is 0 Å². The van der Waals surface area contributed by atoms with Crippen LogP contribution in [0.5, 0.6) is 11.5 Å². The summed E-state index contributed by atoms with van der Waals surface area (Å²) in [4.78, 5) is 2.33. The van der Waals surface area contributed by atoms with E-state index < -0.39 is 0 Å². The summed E-state index contributed by atoms with van der Waals surface area (Å²) in [6.07, 6.45) is 2.47. The minimum Gasteiger partial charge on any atom is -0.454 e. The zero-order valence-electron chi connectivity index (χ0n) is 14.1. The summed E-state index contributed by atoms with van der Waals surface area (Å²) in [5, 5.41) is 0. The molecule has 2 heterocycles. The fourth-order valence-electron chi connectivity index (χ4n) is 3.47. The maximum Gasteiger partial charge on any atom is 0.231 e. The zero-order valence-corrected chi connectivity index (χ0v) is 14.1. The van der Waals surface area contributed by atoms with E-state index >= 15 is 0 Å². The van der Waals surface area contributed by atoms with E-state index in [0.717, 1.165) is 61.7 Å². The Morgan fingerprint density at radius 1 is 1.04 bits per heavy atom. The number of halogens is 1. The lowest BCUT2D eigenvalue weighted by Gasteiger charge is -2.26. The second kappa shape index (κ2) is 7.42. The topological polar surface area (TPSA) is 30.9 Å². The number of para-hydroxylation sites is 1. The van der Waals surface area contributed by atoms with Gasteiger partial charge in [0.05, 0.1) is 6.10 Å². The highest BCUT2D eigenvalue weighted by Crippen LogP contribution is 2.36. The third kappa shape index (κ3) is 3.94. The number of nitrogens with zero attached hydrogens (tertiary/aromatic N) is 1. The minimum atomic E-state index is -0.208. The standard InChI is InChI=1S/C20H22FNO3/c21-17-8-6-15(7-9-17)11-22(13-18-4-2-10-23-18)12-16-3-1-5-19-20(16)25-14-24-19/h1,3,5-9,18H,2,4,10-14H2. The number of ether oxygens (including phenoxy) is 3. The number of rotatable bonds is 6. The number of hydrogen-bond acceptors (Lipinski definition) is 4.